The third kappa shape index (κ3) is 3.63. The van der Waals surface area contributed by atoms with Gasteiger partial charge >= 0.3 is 6.18 Å². The van der Waals surface area contributed by atoms with Crippen LogP contribution in [0.5, 0.6) is 0 Å². The Morgan fingerprint density at radius 1 is 0.962 bits per heavy atom. The number of hydrogen-bond donors (Lipinski definition) is 0. The highest BCUT2D eigenvalue weighted by Gasteiger charge is 2.30. The molecule has 0 fully saturated rings. The molecule has 2 aromatic heterocycles. The van der Waals surface area contributed by atoms with Crippen molar-refractivity contribution in [1.29, 1.82) is 0 Å². The van der Waals surface area contributed by atoms with Crippen LogP contribution in [-0.2, 0) is 18.1 Å². The largest absolute Gasteiger partial charge is 0.416 e. The molecular weight excluding hydrogens is 343 g/mol. The van der Waals surface area contributed by atoms with Crippen molar-refractivity contribution < 1.29 is 13.2 Å². The van der Waals surface area contributed by atoms with E-state index in [2.05, 4.69) is 15.3 Å². The van der Waals surface area contributed by atoms with E-state index < -0.39 is 11.7 Å². The van der Waals surface area contributed by atoms with Crippen LogP contribution < -0.4 is 4.90 Å². The fourth-order valence-electron chi connectivity index (χ4n) is 2.60. The highest BCUT2D eigenvalue weighted by Crippen LogP contribution is 2.29. The SMILES string of the molecule is CN(Cc1ccc(C(F)(F)F)cc1)c1ccc2nnc(C(C)(C)C)n2n1. The van der Waals surface area contributed by atoms with Gasteiger partial charge in [0.15, 0.2) is 11.5 Å². The molecule has 3 rings (SSSR count). The summed E-state index contributed by atoms with van der Waals surface area (Å²) in [5.74, 6) is 1.43. The van der Waals surface area contributed by atoms with E-state index in [-0.39, 0.29) is 5.41 Å². The van der Waals surface area contributed by atoms with E-state index in [4.69, 9.17) is 0 Å². The van der Waals surface area contributed by atoms with Crippen molar-refractivity contribution >= 4 is 11.5 Å². The van der Waals surface area contributed by atoms with Crippen LogP contribution in [0.4, 0.5) is 19.0 Å². The smallest absolute Gasteiger partial charge is 0.354 e. The van der Waals surface area contributed by atoms with Crippen molar-refractivity contribution in [1.82, 2.24) is 19.8 Å². The molecule has 8 heteroatoms. The Morgan fingerprint density at radius 2 is 1.62 bits per heavy atom. The first-order valence-corrected chi connectivity index (χ1v) is 8.16. The number of benzene rings is 1. The second-order valence-corrected chi connectivity index (χ2v) is 7.29. The molecule has 0 saturated heterocycles. The summed E-state index contributed by atoms with van der Waals surface area (Å²) >= 11 is 0. The Morgan fingerprint density at radius 3 is 2.19 bits per heavy atom. The highest BCUT2D eigenvalue weighted by atomic mass is 19.4. The molecule has 5 nitrogen and oxygen atoms in total. The topological polar surface area (TPSA) is 46.3 Å². The second kappa shape index (κ2) is 6.26. The minimum Gasteiger partial charge on any atom is -0.354 e. The number of hydrogen-bond acceptors (Lipinski definition) is 4. The second-order valence-electron chi connectivity index (χ2n) is 7.29. The molecule has 0 radical (unpaired) electrons. The molecule has 3 aromatic rings. The lowest BCUT2D eigenvalue weighted by atomic mass is 9.96. The summed E-state index contributed by atoms with van der Waals surface area (Å²) in [6.07, 6.45) is -4.32. The number of fused-ring (bicyclic) bond motifs is 1. The van der Waals surface area contributed by atoms with E-state index >= 15 is 0 Å². The Hall–Kier alpha value is -2.64. The molecule has 0 aliphatic carbocycles. The highest BCUT2D eigenvalue weighted by molar-refractivity contribution is 5.46. The first-order valence-electron chi connectivity index (χ1n) is 8.16. The van der Waals surface area contributed by atoms with Crippen LogP contribution in [0.15, 0.2) is 36.4 Å². The summed E-state index contributed by atoms with van der Waals surface area (Å²) in [4.78, 5) is 1.87. The molecule has 0 aliphatic rings. The van der Waals surface area contributed by atoms with Crippen molar-refractivity contribution in [2.45, 2.75) is 38.9 Å². The van der Waals surface area contributed by atoms with Gasteiger partial charge in [-0.25, -0.2) is 0 Å². The van der Waals surface area contributed by atoms with Crippen LogP contribution in [0.2, 0.25) is 0 Å². The average Bonchev–Trinajstić information content (AvgIpc) is 2.97. The Balaban J connectivity index is 1.84. The van der Waals surface area contributed by atoms with E-state index in [0.717, 1.165) is 23.5 Å². The van der Waals surface area contributed by atoms with Gasteiger partial charge in [0.05, 0.1) is 5.56 Å². The van der Waals surface area contributed by atoms with Crippen LogP contribution in [0.25, 0.3) is 5.65 Å². The molecule has 0 atom stereocenters. The molecule has 0 aliphatic heterocycles. The number of aromatic nitrogens is 4. The van der Waals surface area contributed by atoms with Crippen molar-refractivity contribution in [3.8, 4) is 0 Å². The summed E-state index contributed by atoms with van der Waals surface area (Å²) in [7, 11) is 1.84. The Labute approximate surface area is 149 Å². The summed E-state index contributed by atoms with van der Waals surface area (Å²) < 4.78 is 39.7. The van der Waals surface area contributed by atoms with Gasteiger partial charge in [-0.3, -0.25) is 0 Å². The van der Waals surface area contributed by atoms with Gasteiger partial charge in [-0.1, -0.05) is 32.9 Å². The standard InChI is InChI=1S/C18H20F3N5/c1-17(2,3)16-23-22-14-9-10-15(24-26(14)16)25(4)11-12-5-7-13(8-6-12)18(19,20)21/h5-10H,11H2,1-4H3. The molecule has 0 saturated carbocycles. The lowest BCUT2D eigenvalue weighted by Gasteiger charge is -2.20. The zero-order valence-electron chi connectivity index (χ0n) is 15.0. The average molecular weight is 363 g/mol. The fraction of sp³-hybridized carbons (Fsp3) is 0.389. The molecule has 0 N–H and O–H groups in total. The maximum absolute atomic E-state index is 12.7. The predicted molar refractivity (Wildman–Crippen MR) is 93.0 cm³/mol. The number of nitrogens with zero attached hydrogens (tertiary/aromatic N) is 5. The van der Waals surface area contributed by atoms with Crippen molar-refractivity contribution in [2.75, 3.05) is 11.9 Å². The lowest BCUT2D eigenvalue weighted by Crippen LogP contribution is -2.21. The zero-order valence-corrected chi connectivity index (χ0v) is 15.0. The molecule has 0 amide bonds. The van der Waals surface area contributed by atoms with E-state index in [0.29, 0.717) is 18.0 Å². The molecule has 26 heavy (non-hydrogen) atoms. The Bertz CT molecular complexity index is 907. The van der Waals surface area contributed by atoms with E-state index in [9.17, 15) is 13.2 Å². The maximum Gasteiger partial charge on any atom is 0.416 e. The fourth-order valence-corrected chi connectivity index (χ4v) is 2.60. The van der Waals surface area contributed by atoms with Gasteiger partial charge in [-0.15, -0.1) is 15.3 Å². The number of anilines is 1. The molecule has 0 bridgehead atoms. The molecule has 1 aromatic carbocycles. The third-order valence-corrected chi connectivity index (χ3v) is 4.01. The maximum atomic E-state index is 12.7. The van der Waals surface area contributed by atoms with Crippen LogP contribution in [0.1, 0.15) is 37.7 Å². The van der Waals surface area contributed by atoms with Gasteiger partial charge in [0.25, 0.3) is 0 Å². The van der Waals surface area contributed by atoms with Gasteiger partial charge in [0, 0.05) is 19.0 Å². The normalized spacial score (nSPS) is 12.6. The molecular formula is C18H20F3N5. The van der Waals surface area contributed by atoms with Crippen LogP contribution >= 0.6 is 0 Å². The minimum absolute atomic E-state index is 0.211. The number of alkyl halides is 3. The minimum atomic E-state index is -4.32. The molecule has 138 valence electrons. The van der Waals surface area contributed by atoms with Crippen LogP contribution in [-0.4, -0.2) is 26.9 Å². The Kier molecular flexibility index (Phi) is 4.37. The van der Waals surface area contributed by atoms with Gasteiger partial charge < -0.3 is 4.90 Å². The van der Waals surface area contributed by atoms with E-state index in [1.807, 2.05) is 44.9 Å². The van der Waals surface area contributed by atoms with E-state index in [1.54, 1.807) is 4.52 Å². The monoisotopic (exact) mass is 363 g/mol. The van der Waals surface area contributed by atoms with Gasteiger partial charge in [0.1, 0.15) is 5.82 Å². The quantitative estimate of drug-likeness (QED) is 0.704. The number of rotatable bonds is 3. The summed E-state index contributed by atoms with van der Waals surface area (Å²) in [5, 5.41) is 12.9. The van der Waals surface area contributed by atoms with Crippen molar-refractivity contribution in [3.05, 3.63) is 53.3 Å². The predicted octanol–water partition coefficient (Wildman–Crippen LogP) is 4.08. The molecule has 0 spiro atoms. The third-order valence-electron chi connectivity index (χ3n) is 4.01. The van der Waals surface area contributed by atoms with E-state index in [1.165, 1.54) is 12.1 Å². The van der Waals surface area contributed by atoms with Gasteiger partial charge in [0.2, 0.25) is 0 Å². The lowest BCUT2D eigenvalue weighted by molar-refractivity contribution is -0.137. The van der Waals surface area contributed by atoms with Crippen molar-refractivity contribution in [2.24, 2.45) is 0 Å². The molecule has 0 unspecified atom stereocenters. The summed E-state index contributed by atoms with van der Waals surface area (Å²) in [6, 6.07) is 8.80. The van der Waals surface area contributed by atoms with Gasteiger partial charge in [-0.2, -0.15) is 17.7 Å². The summed E-state index contributed by atoms with van der Waals surface area (Å²) in [5.41, 5.74) is 0.559. The van der Waals surface area contributed by atoms with Crippen molar-refractivity contribution in [3.63, 3.8) is 0 Å². The van der Waals surface area contributed by atoms with Crippen LogP contribution in [0.3, 0.4) is 0 Å². The number of halogens is 3. The van der Waals surface area contributed by atoms with Gasteiger partial charge in [-0.05, 0) is 29.8 Å². The summed E-state index contributed by atoms with van der Waals surface area (Å²) in [6.45, 7) is 6.53. The molecule has 2 heterocycles. The van der Waals surface area contributed by atoms with Crippen LogP contribution in [0, 0.1) is 0 Å². The zero-order chi connectivity index (χ0) is 19.1. The first-order chi connectivity index (χ1) is 12.1. The first kappa shape index (κ1) is 18.2.